The molecule has 0 aromatic rings. The van der Waals surface area contributed by atoms with Crippen LogP contribution in [0.1, 0.15) is 0 Å². The minimum atomic E-state index is -0.515. The zero-order valence-corrected chi connectivity index (χ0v) is 5.20. The molecule has 0 unspecified atom stereocenters. The van der Waals surface area contributed by atoms with Crippen LogP contribution in [0.5, 0.6) is 0 Å². The van der Waals surface area contributed by atoms with Crippen LogP contribution in [0.15, 0.2) is 0 Å². The predicted molar refractivity (Wildman–Crippen MR) is 33.1 cm³/mol. The van der Waals surface area contributed by atoms with Crippen LogP contribution in [0, 0.1) is 15.5 Å². The maximum absolute atomic E-state index is 9.62. The largest absolute Gasteiger partial charge is 0.292 e. The van der Waals surface area contributed by atoms with E-state index in [1.165, 1.54) is 0 Å². The molecule has 1 N–H and O–H groups in total. The molecule has 0 aromatic heterocycles. The number of nitrogens with one attached hydrogen (secondary N) is 1. The Labute approximate surface area is 50.9 Å². The van der Waals surface area contributed by atoms with Gasteiger partial charge in [-0.3, -0.25) is 15.5 Å². The molecule has 0 heterocycles. The Morgan fingerprint density at radius 1 is 2.00 bits per heavy atom. The van der Waals surface area contributed by atoms with E-state index in [2.05, 4.69) is 0 Å². The lowest BCUT2D eigenvalue weighted by atomic mass is 10.7. The van der Waals surface area contributed by atoms with Crippen molar-refractivity contribution < 1.29 is 4.92 Å². The first-order chi connectivity index (χ1) is 3.66. The van der Waals surface area contributed by atoms with Crippen LogP contribution >= 0.6 is 11.8 Å². The van der Waals surface area contributed by atoms with Crippen molar-refractivity contribution in [3.8, 4) is 0 Å². The molecule has 8 heavy (non-hydrogen) atoms. The minimum Gasteiger partial charge on any atom is -0.292 e. The average Bonchev–Trinajstić information content (AvgIpc) is 1.65. The highest BCUT2D eigenvalue weighted by molar-refractivity contribution is 8.13. The number of thioether (sulfide) groups is 1. The van der Waals surface area contributed by atoms with Crippen molar-refractivity contribution in [2.24, 2.45) is 0 Å². The topological polar surface area (TPSA) is 67.0 Å². The van der Waals surface area contributed by atoms with E-state index < -0.39 is 4.92 Å². The molecule has 0 radical (unpaired) electrons. The Hall–Kier alpha value is -0.580. The second kappa shape index (κ2) is 3.43. The van der Waals surface area contributed by atoms with Crippen LogP contribution < -0.4 is 0 Å². The molecule has 0 saturated heterocycles. The van der Waals surface area contributed by atoms with Crippen molar-refractivity contribution in [2.45, 2.75) is 0 Å². The van der Waals surface area contributed by atoms with Crippen molar-refractivity contribution >= 4 is 16.8 Å². The summed E-state index contributed by atoms with van der Waals surface area (Å²) >= 11 is 1.09. The van der Waals surface area contributed by atoms with Crippen molar-refractivity contribution in [1.29, 1.82) is 5.41 Å². The second-order valence-electron chi connectivity index (χ2n) is 1.12. The molecule has 0 aliphatic rings. The molecule has 46 valence electrons. The number of nitro groups is 1. The van der Waals surface area contributed by atoms with Crippen LogP contribution in [0.25, 0.3) is 0 Å². The van der Waals surface area contributed by atoms with Gasteiger partial charge in [-0.05, 0) is 6.26 Å². The Balaban J connectivity index is 3.40. The summed E-state index contributed by atoms with van der Waals surface area (Å²) in [4.78, 5) is 9.10. The van der Waals surface area contributed by atoms with Crippen LogP contribution in [0.3, 0.4) is 0 Å². The third-order valence-electron chi connectivity index (χ3n) is 0.519. The number of nitrogens with zero attached hydrogens (tertiary/aromatic N) is 1. The number of hydrogen-bond donors (Lipinski definition) is 1. The first-order valence-corrected chi connectivity index (χ1v) is 3.12. The standard InChI is InChI=1S/C3H6N2O2S/c1-8-3(4)2-5(6)7/h4H,2H2,1H3. The molecule has 4 nitrogen and oxygen atoms in total. The van der Waals surface area contributed by atoms with Crippen molar-refractivity contribution in [2.75, 3.05) is 12.8 Å². The van der Waals surface area contributed by atoms with Crippen LogP contribution in [0.4, 0.5) is 0 Å². The molecular formula is C3H6N2O2S. The predicted octanol–water partition coefficient (Wildman–Crippen LogP) is 0.603. The lowest BCUT2D eigenvalue weighted by Gasteiger charge is -1.88. The zero-order valence-electron chi connectivity index (χ0n) is 4.38. The van der Waals surface area contributed by atoms with Gasteiger partial charge in [0.15, 0.2) is 0 Å². The highest BCUT2D eigenvalue weighted by Crippen LogP contribution is 1.93. The van der Waals surface area contributed by atoms with Gasteiger partial charge in [-0.25, -0.2) is 0 Å². The summed E-state index contributed by atoms with van der Waals surface area (Å²) in [5.41, 5.74) is 0. The van der Waals surface area contributed by atoms with Gasteiger partial charge in [0.1, 0.15) is 5.04 Å². The van der Waals surface area contributed by atoms with E-state index in [0.29, 0.717) is 0 Å². The van der Waals surface area contributed by atoms with Gasteiger partial charge in [0.05, 0.1) is 0 Å². The normalized spacial score (nSPS) is 8.62. The fraction of sp³-hybridized carbons (Fsp3) is 0.667. The fourth-order valence-electron chi connectivity index (χ4n) is 0.182. The first kappa shape index (κ1) is 7.42. The SMILES string of the molecule is CSC(=N)C[N+](=O)[O-]. The summed E-state index contributed by atoms with van der Waals surface area (Å²) < 4.78 is 0. The van der Waals surface area contributed by atoms with Crippen molar-refractivity contribution in [3.63, 3.8) is 0 Å². The molecule has 0 atom stereocenters. The molecule has 0 saturated carbocycles. The maximum atomic E-state index is 9.62. The van der Waals surface area contributed by atoms with Crippen LogP contribution in [-0.4, -0.2) is 22.8 Å². The van der Waals surface area contributed by atoms with Crippen LogP contribution in [-0.2, 0) is 0 Å². The Bertz CT molecular complexity index is 114. The van der Waals surface area contributed by atoms with Gasteiger partial charge in [-0.2, -0.15) is 0 Å². The average molecular weight is 134 g/mol. The molecule has 0 rings (SSSR count). The second-order valence-corrected chi connectivity index (χ2v) is 2.02. The molecule has 0 aliphatic carbocycles. The van der Waals surface area contributed by atoms with Gasteiger partial charge in [0, 0.05) is 4.92 Å². The molecule has 0 amide bonds. The summed E-state index contributed by atoms with van der Waals surface area (Å²) in [6.07, 6.45) is 1.64. The summed E-state index contributed by atoms with van der Waals surface area (Å²) in [6, 6.07) is 0. The molecule has 0 spiro atoms. The van der Waals surface area contributed by atoms with Gasteiger partial charge in [0.25, 0.3) is 6.54 Å². The Kier molecular flexibility index (Phi) is 3.18. The molecule has 0 fully saturated rings. The maximum Gasteiger partial charge on any atom is 0.250 e. The quantitative estimate of drug-likeness (QED) is 0.260. The molecule has 0 aliphatic heterocycles. The van der Waals surface area contributed by atoms with E-state index in [9.17, 15) is 10.1 Å². The van der Waals surface area contributed by atoms with E-state index in [0.717, 1.165) is 11.8 Å². The van der Waals surface area contributed by atoms with Gasteiger partial charge < -0.3 is 0 Å². The highest BCUT2D eigenvalue weighted by atomic mass is 32.2. The van der Waals surface area contributed by atoms with Crippen LogP contribution in [0.2, 0.25) is 0 Å². The van der Waals surface area contributed by atoms with Gasteiger partial charge in [0.2, 0.25) is 0 Å². The monoisotopic (exact) mass is 134 g/mol. The van der Waals surface area contributed by atoms with E-state index >= 15 is 0 Å². The summed E-state index contributed by atoms with van der Waals surface area (Å²) in [5, 5.41) is 16.5. The lowest BCUT2D eigenvalue weighted by molar-refractivity contribution is -0.462. The minimum absolute atomic E-state index is 0.0926. The number of rotatable bonds is 2. The Morgan fingerprint density at radius 3 is 2.62 bits per heavy atom. The smallest absolute Gasteiger partial charge is 0.250 e. The van der Waals surface area contributed by atoms with E-state index in [-0.39, 0.29) is 11.6 Å². The third kappa shape index (κ3) is 3.60. The molecule has 5 heteroatoms. The molecular weight excluding hydrogens is 128 g/mol. The van der Waals surface area contributed by atoms with Crippen molar-refractivity contribution in [1.82, 2.24) is 0 Å². The summed E-state index contributed by atoms with van der Waals surface area (Å²) in [7, 11) is 0. The van der Waals surface area contributed by atoms with E-state index in [1.807, 2.05) is 0 Å². The van der Waals surface area contributed by atoms with E-state index in [4.69, 9.17) is 5.41 Å². The first-order valence-electron chi connectivity index (χ1n) is 1.90. The van der Waals surface area contributed by atoms with Gasteiger partial charge in [-0.15, -0.1) is 11.8 Å². The molecule has 0 aromatic carbocycles. The summed E-state index contributed by atoms with van der Waals surface area (Å²) in [5.74, 6) is 0. The number of hydrogen-bond acceptors (Lipinski definition) is 4. The zero-order chi connectivity index (χ0) is 6.57. The van der Waals surface area contributed by atoms with E-state index in [1.54, 1.807) is 6.26 Å². The van der Waals surface area contributed by atoms with Gasteiger partial charge >= 0.3 is 0 Å². The highest BCUT2D eigenvalue weighted by Gasteiger charge is 2.00. The Morgan fingerprint density at radius 2 is 2.50 bits per heavy atom. The van der Waals surface area contributed by atoms with Crippen molar-refractivity contribution in [3.05, 3.63) is 10.1 Å². The van der Waals surface area contributed by atoms with Gasteiger partial charge in [-0.1, -0.05) is 0 Å². The molecule has 0 bridgehead atoms. The third-order valence-corrected chi connectivity index (χ3v) is 1.14. The summed E-state index contributed by atoms with van der Waals surface area (Å²) in [6.45, 7) is -0.346. The lowest BCUT2D eigenvalue weighted by Crippen LogP contribution is -2.08. The fourth-order valence-corrected chi connectivity index (χ4v) is 0.416.